The first-order valence-electron chi connectivity index (χ1n) is 8.54. The van der Waals surface area contributed by atoms with E-state index in [-0.39, 0.29) is 18.3 Å². The van der Waals surface area contributed by atoms with Crippen molar-refractivity contribution in [2.24, 2.45) is 0 Å². The van der Waals surface area contributed by atoms with E-state index in [1.807, 2.05) is 24.3 Å². The quantitative estimate of drug-likeness (QED) is 0.472. The molecule has 28 heavy (non-hydrogen) atoms. The lowest BCUT2D eigenvalue weighted by Gasteiger charge is -2.08. The monoisotopic (exact) mass is 381 g/mol. The predicted molar refractivity (Wildman–Crippen MR) is 101 cm³/mol. The molecule has 9 heteroatoms. The van der Waals surface area contributed by atoms with Gasteiger partial charge in [-0.2, -0.15) is 0 Å². The summed E-state index contributed by atoms with van der Waals surface area (Å²) in [6.07, 6.45) is 4.92. The van der Waals surface area contributed by atoms with Crippen LogP contribution in [0, 0.1) is 10.1 Å². The number of hydrogen-bond donors (Lipinski definition) is 1. The van der Waals surface area contributed by atoms with E-state index in [9.17, 15) is 14.9 Å². The molecule has 144 valence electrons. The van der Waals surface area contributed by atoms with Crippen molar-refractivity contribution < 1.29 is 14.5 Å². The average molecular weight is 381 g/mol. The largest absolute Gasteiger partial charge is 0.497 e. The molecule has 1 N–H and O–H groups in total. The predicted octanol–water partition coefficient (Wildman–Crippen LogP) is 2.10. The Kier molecular flexibility index (Phi) is 5.95. The number of methoxy groups -OCH3 is 1. The van der Waals surface area contributed by atoms with Gasteiger partial charge in [-0.25, -0.2) is 0 Å². The van der Waals surface area contributed by atoms with Crippen molar-refractivity contribution >= 4 is 11.7 Å². The first-order chi connectivity index (χ1) is 13.5. The third kappa shape index (κ3) is 4.91. The Hall–Kier alpha value is -3.75. The van der Waals surface area contributed by atoms with Crippen LogP contribution in [0.15, 0.2) is 55.0 Å². The number of carbonyl (C=O) groups excluding carboxylic acids is 1. The summed E-state index contributed by atoms with van der Waals surface area (Å²) in [5.41, 5.74) is 1.82. The van der Waals surface area contributed by atoms with Crippen LogP contribution in [0.25, 0.3) is 0 Å². The molecule has 0 spiro atoms. The molecule has 2 heterocycles. The number of hydrogen-bond acceptors (Lipinski definition) is 6. The second-order valence-electron chi connectivity index (χ2n) is 6.06. The highest BCUT2D eigenvalue weighted by Crippen LogP contribution is 2.15. The fourth-order valence-corrected chi connectivity index (χ4v) is 2.64. The molecule has 2 aromatic heterocycles. The van der Waals surface area contributed by atoms with Crippen molar-refractivity contribution in [2.75, 3.05) is 7.11 Å². The first kappa shape index (κ1) is 19.0. The minimum absolute atomic E-state index is 0.0581. The number of amides is 1. The maximum absolute atomic E-state index is 12.3. The molecular formula is C19H19N5O4. The molecule has 3 rings (SSSR count). The van der Waals surface area contributed by atoms with Crippen molar-refractivity contribution in [1.82, 2.24) is 19.9 Å². The molecule has 1 aromatic carbocycles. The van der Waals surface area contributed by atoms with Crippen LogP contribution >= 0.6 is 0 Å². The summed E-state index contributed by atoms with van der Waals surface area (Å²) in [6, 6.07) is 10.9. The number of nitro groups is 1. The number of rotatable bonds is 8. The number of carbonyl (C=O) groups is 1. The summed E-state index contributed by atoms with van der Waals surface area (Å²) < 4.78 is 6.60. The number of ether oxygens (including phenoxy) is 1. The third-order valence-electron chi connectivity index (χ3n) is 4.11. The molecule has 0 atom stereocenters. The van der Waals surface area contributed by atoms with Crippen molar-refractivity contribution in [3.05, 3.63) is 82.1 Å². The van der Waals surface area contributed by atoms with E-state index in [1.165, 1.54) is 10.8 Å². The molecule has 9 nitrogen and oxygen atoms in total. The highest BCUT2D eigenvalue weighted by molar-refractivity contribution is 5.75. The lowest BCUT2D eigenvalue weighted by molar-refractivity contribution is -0.389. The standard InChI is InChI=1S/C19H19N5O4/c1-28-16-4-2-15(3-5-16)11-21-19(25)13-23-12-18(24(26)27)22-17(23)10-14-6-8-20-9-7-14/h2-9,12H,10-11,13H2,1H3,(H,21,25). The van der Waals surface area contributed by atoms with Crippen LogP contribution in [0.3, 0.4) is 0 Å². The van der Waals surface area contributed by atoms with Crippen LogP contribution < -0.4 is 10.1 Å². The number of benzene rings is 1. The van der Waals surface area contributed by atoms with E-state index in [0.717, 1.165) is 16.9 Å². The summed E-state index contributed by atoms with van der Waals surface area (Å²) in [5, 5.41) is 13.9. The van der Waals surface area contributed by atoms with Crippen LogP contribution in [-0.2, 0) is 24.3 Å². The smallest absolute Gasteiger partial charge is 0.381 e. The van der Waals surface area contributed by atoms with E-state index in [4.69, 9.17) is 4.74 Å². The number of nitrogens with zero attached hydrogens (tertiary/aromatic N) is 4. The molecule has 0 unspecified atom stereocenters. The van der Waals surface area contributed by atoms with Gasteiger partial charge in [-0.1, -0.05) is 12.1 Å². The average Bonchev–Trinajstić information content (AvgIpc) is 3.10. The second kappa shape index (κ2) is 8.76. The first-order valence-corrected chi connectivity index (χ1v) is 8.54. The Morgan fingerprint density at radius 3 is 2.54 bits per heavy atom. The van der Waals surface area contributed by atoms with E-state index >= 15 is 0 Å². The van der Waals surface area contributed by atoms with E-state index < -0.39 is 4.92 Å². The van der Waals surface area contributed by atoms with Crippen molar-refractivity contribution in [1.29, 1.82) is 0 Å². The number of pyridine rings is 1. The van der Waals surface area contributed by atoms with Gasteiger partial charge in [-0.15, -0.1) is 0 Å². The Labute approximate surface area is 161 Å². The summed E-state index contributed by atoms with van der Waals surface area (Å²) in [5.74, 6) is 0.630. The van der Waals surface area contributed by atoms with Crippen LogP contribution in [-0.4, -0.2) is 32.5 Å². The molecule has 3 aromatic rings. The maximum Gasteiger partial charge on any atom is 0.381 e. The molecule has 0 aliphatic carbocycles. The van der Waals surface area contributed by atoms with Crippen LogP contribution in [0.2, 0.25) is 0 Å². The summed E-state index contributed by atoms with van der Waals surface area (Å²) in [4.78, 5) is 30.8. The van der Waals surface area contributed by atoms with Gasteiger partial charge >= 0.3 is 5.82 Å². The Morgan fingerprint density at radius 2 is 1.89 bits per heavy atom. The molecule has 1 amide bonds. The van der Waals surface area contributed by atoms with Crippen molar-refractivity contribution in [3.8, 4) is 5.75 Å². The molecular weight excluding hydrogens is 362 g/mol. The zero-order valence-electron chi connectivity index (χ0n) is 15.2. The minimum Gasteiger partial charge on any atom is -0.497 e. The maximum atomic E-state index is 12.3. The van der Waals surface area contributed by atoms with Gasteiger partial charge in [0.15, 0.2) is 0 Å². The molecule has 0 bridgehead atoms. The van der Waals surface area contributed by atoms with Crippen LogP contribution in [0.5, 0.6) is 5.75 Å². The Bertz CT molecular complexity index is 954. The molecule has 0 saturated carbocycles. The van der Waals surface area contributed by atoms with Gasteiger partial charge < -0.3 is 20.2 Å². The van der Waals surface area contributed by atoms with Gasteiger partial charge in [-0.3, -0.25) is 14.3 Å². The third-order valence-corrected chi connectivity index (χ3v) is 4.11. The van der Waals surface area contributed by atoms with Crippen molar-refractivity contribution in [3.63, 3.8) is 0 Å². The van der Waals surface area contributed by atoms with Gasteiger partial charge in [0.05, 0.1) is 13.5 Å². The summed E-state index contributed by atoms with van der Waals surface area (Å²) in [7, 11) is 1.59. The Morgan fingerprint density at radius 1 is 1.18 bits per heavy atom. The van der Waals surface area contributed by atoms with Crippen LogP contribution in [0.4, 0.5) is 5.82 Å². The Balaban J connectivity index is 1.67. The minimum atomic E-state index is -0.568. The number of imidazole rings is 1. The topological polar surface area (TPSA) is 112 Å². The summed E-state index contributed by atoms with van der Waals surface area (Å²) >= 11 is 0. The fourth-order valence-electron chi connectivity index (χ4n) is 2.64. The second-order valence-corrected chi connectivity index (χ2v) is 6.06. The lowest BCUT2D eigenvalue weighted by atomic mass is 10.2. The van der Waals surface area contributed by atoms with E-state index in [2.05, 4.69) is 15.3 Å². The molecule has 0 radical (unpaired) electrons. The SMILES string of the molecule is COc1ccc(CNC(=O)Cn2cc([N+](=O)[O-])nc2Cc2ccncc2)cc1. The van der Waals surface area contributed by atoms with Gasteiger partial charge in [0.2, 0.25) is 11.7 Å². The van der Waals surface area contributed by atoms with Gasteiger partial charge in [0.25, 0.3) is 0 Å². The zero-order chi connectivity index (χ0) is 19.9. The lowest BCUT2D eigenvalue weighted by Crippen LogP contribution is -2.27. The molecule has 0 aliphatic rings. The van der Waals surface area contributed by atoms with Gasteiger partial charge in [0, 0.05) is 18.9 Å². The van der Waals surface area contributed by atoms with Gasteiger partial charge in [-0.05, 0) is 45.3 Å². The molecule has 0 fully saturated rings. The van der Waals surface area contributed by atoms with E-state index in [1.54, 1.807) is 31.6 Å². The van der Waals surface area contributed by atoms with E-state index in [0.29, 0.717) is 18.8 Å². The fraction of sp³-hybridized carbons (Fsp3) is 0.211. The molecule has 0 saturated heterocycles. The highest BCUT2D eigenvalue weighted by Gasteiger charge is 2.20. The molecule has 0 aliphatic heterocycles. The van der Waals surface area contributed by atoms with Crippen molar-refractivity contribution in [2.45, 2.75) is 19.5 Å². The zero-order valence-corrected chi connectivity index (χ0v) is 15.2. The normalized spacial score (nSPS) is 10.5. The van der Waals surface area contributed by atoms with Crippen LogP contribution in [0.1, 0.15) is 17.0 Å². The number of nitrogens with one attached hydrogen (secondary N) is 1. The van der Waals surface area contributed by atoms with Gasteiger partial charge in [0.1, 0.15) is 18.5 Å². The summed E-state index contributed by atoms with van der Waals surface area (Å²) in [6.45, 7) is 0.288. The highest BCUT2D eigenvalue weighted by atomic mass is 16.6. The number of aromatic nitrogens is 3.